The first-order valence-corrected chi connectivity index (χ1v) is 6.88. The van der Waals surface area contributed by atoms with Crippen LogP contribution in [0.15, 0.2) is 48.8 Å². The van der Waals surface area contributed by atoms with Crippen molar-refractivity contribution in [3.63, 3.8) is 0 Å². The first kappa shape index (κ1) is 14.1. The summed E-state index contributed by atoms with van der Waals surface area (Å²) < 4.78 is 13.2. The number of halogens is 1. The molecule has 3 aromatic rings. The zero-order valence-corrected chi connectivity index (χ0v) is 12.0. The number of aromatic nitrogens is 3. The van der Waals surface area contributed by atoms with Gasteiger partial charge in [0.2, 0.25) is 0 Å². The number of carbonyl (C=O) groups excluding carboxylic acids is 1. The van der Waals surface area contributed by atoms with Crippen LogP contribution < -0.4 is 0 Å². The van der Waals surface area contributed by atoms with Crippen LogP contribution in [0.4, 0.5) is 4.39 Å². The summed E-state index contributed by atoms with van der Waals surface area (Å²) in [5.74, 6) is -0.500. The molecular formula is C17H14FN3O. The summed E-state index contributed by atoms with van der Waals surface area (Å²) in [7, 11) is 0. The molecule has 4 nitrogen and oxygen atoms in total. The molecule has 0 spiro atoms. The molecule has 0 fully saturated rings. The van der Waals surface area contributed by atoms with Gasteiger partial charge in [-0.15, -0.1) is 0 Å². The van der Waals surface area contributed by atoms with Crippen LogP contribution in [0.1, 0.15) is 21.7 Å². The largest absolute Gasteiger partial charge is 0.292 e. The zero-order valence-electron chi connectivity index (χ0n) is 12.0. The van der Waals surface area contributed by atoms with Crippen LogP contribution in [0.3, 0.4) is 0 Å². The molecule has 0 radical (unpaired) electrons. The van der Waals surface area contributed by atoms with E-state index in [1.54, 1.807) is 24.5 Å². The SMILES string of the molecule is Cc1[nH]nc(C(=O)Cc2cccc(F)c2)c1-c1ccncc1. The van der Waals surface area contributed by atoms with Crippen LogP contribution in [0, 0.1) is 12.7 Å². The van der Waals surface area contributed by atoms with Gasteiger partial charge in [-0.3, -0.25) is 14.9 Å². The van der Waals surface area contributed by atoms with Crippen LogP contribution in [0.25, 0.3) is 11.1 Å². The highest BCUT2D eigenvalue weighted by Crippen LogP contribution is 2.26. The van der Waals surface area contributed by atoms with Gasteiger partial charge in [0.25, 0.3) is 0 Å². The number of nitrogens with one attached hydrogen (secondary N) is 1. The maximum Gasteiger partial charge on any atom is 0.188 e. The molecule has 110 valence electrons. The molecule has 3 rings (SSSR count). The van der Waals surface area contributed by atoms with E-state index in [9.17, 15) is 9.18 Å². The van der Waals surface area contributed by atoms with E-state index in [1.807, 2.05) is 19.1 Å². The van der Waals surface area contributed by atoms with Gasteiger partial charge in [0, 0.05) is 30.1 Å². The van der Waals surface area contributed by atoms with Crippen molar-refractivity contribution in [2.45, 2.75) is 13.3 Å². The van der Waals surface area contributed by atoms with Crippen molar-refractivity contribution in [1.82, 2.24) is 15.2 Å². The highest BCUT2D eigenvalue weighted by atomic mass is 19.1. The fourth-order valence-electron chi connectivity index (χ4n) is 2.42. The molecule has 0 bridgehead atoms. The van der Waals surface area contributed by atoms with E-state index in [0.29, 0.717) is 11.3 Å². The lowest BCUT2D eigenvalue weighted by Gasteiger charge is -2.04. The molecule has 0 unspecified atom stereocenters. The van der Waals surface area contributed by atoms with E-state index in [-0.39, 0.29) is 18.0 Å². The van der Waals surface area contributed by atoms with Gasteiger partial charge in [0.05, 0.1) is 0 Å². The van der Waals surface area contributed by atoms with Gasteiger partial charge in [-0.1, -0.05) is 12.1 Å². The van der Waals surface area contributed by atoms with Gasteiger partial charge < -0.3 is 0 Å². The number of ketones is 1. The second kappa shape index (κ2) is 5.89. The van der Waals surface area contributed by atoms with Crippen molar-refractivity contribution in [2.75, 3.05) is 0 Å². The Bertz CT molecular complexity index is 812. The number of H-pyrrole nitrogens is 1. The minimum atomic E-state index is -0.349. The highest BCUT2D eigenvalue weighted by molar-refractivity contribution is 6.02. The molecule has 0 aliphatic rings. The Morgan fingerprint density at radius 2 is 2.00 bits per heavy atom. The molecule has 22 heavy (non-hydrogen) atoms. The molecule has 0 amide bonds. The monoisotopic (exact) mass is 295 g/mol. The van der Waals surface area contributed by atoms with Gasteiger partial charge in [0.1, 0.15) is 11.5 Å². The number of hydrogen-bond acceptors (Lipinski definition) is 3. The summed E-state index contributed by atoms with van der Waals surface area (Å²) in [5.41, 5.74) is 3.46. The van der Waals surface area contributed by atoms with Gasteiger partial charge in [0.15, 0.2) is 5.78 Å². The van der Waals surface area contributed by atoms with Crippen LogP contribution in [0.2, 0.25) is 0 Å². The summed E-state index contributed by atoms with van der Waals surface area (Å²) in [6.07, 6.45) is 3.45. The number of hydrogen-bond donors (Lipinski definition) is 1. The number of pyridine rings is 1. The lowest BCUT2D eigenvalue weighted by molar-refractivity contribution is 0.0989. The smallest absolute Gasteiger partial charge is 0.188 e. The number of nitrogens with zero attached hydrogens (tertiary/aromatic N) is 2. The van der Waals surface area contributed by atoms with Gasteiger partial charge >= 0.3 is 0 Å². The summed E-state index contributed by atoms with van der Waals surface area (Å²) in [6, 6.07) is 9.70. The fraction of sp³-hybridized carbons (Fsp3) is 0.118. The van der Waals surface area contributed by atoms with Crippen LogP contribution >= 0.6 is 0 Å². The van der Waals surface area contributed by atoms with Gasteiger partial charge in [-0.25, -0.2) is 4.39 Å². The fourth-order valence-corrected chi connectivity index (χ4v) is 2.42. The maximum atomic E-state index is 13.2. The van der Waals surface area contributed by atoms with Crippen LogP contribution in [0.5, 0.6) is 0 Å². The first-order valence-electron chi connectivity index (χ1n) is 6.88. The van der Waals surface area contributed by atoms with Crippen LogP contribution in [-0.4, -0.2) is 21.0 Å². The standard InChI is InChI=1S/C17H14FN3O/c1-11-16(13-5-7-19-8-6-13)17(21-20-11)15(22)10-12-3-2-4-14(18)9-12/h2-9H,10H2,1H3,(H,20,21). The van der Waals surface area contributed by atoms with E-state index in [1.165, 1.54) is 12.1 Å². The molecule has 0 aliphatic heterocycles. The predicted octanol–water partition coefficient (Wildman–Crippen LogP) is 3.34. The van der Waals surface area contributed by atoms with Gasteiger partial charge in [-0.2, -0.15) is 5.10 Å². The summed E-state index contributed by atoms with van der Waals surface area (Å²) in [4.78, 5) is 16.5. The average Bonchev–Trinajstić information content (AvgIpc) is 2.90. The molecule has 0 atom stereocenters. The molecule has 0 aliphatic carbocycles. The molecule has 5 heteroatoms. The number of aryl methyl sites for hydroxylation is 1. The molecule has 0 saturated heterocycles. The van der Waals surface area contributed by atoms with E-state index in [0.717, 1.165) is 16.8 Å². The first-order chi connectivity index (χ1) is 10.6. The molecule has 2 heterocycles. The predicted molar refractivity (Wildman–Crippen MR) is 81.0 cm³/mol. The Kier molecular flexibility index (Phi) is 3.78. The molecule has 2 aromatic heterocycles. The third kappa shape index (κ3) is 2.79. The van der Waals surface area contributed by atoms with E-state index >= 15 is 0 Å². The summed E-state index contributed by atoms with van der Waals surface area (Å²) in [5, 5.41) is 6.97. The minimum Gasteiger partial charge on any atom is -0.292 e. The number of benzene rings is 1. The number of Topliss-reactive ketones (excluding diaryl/α,β-unsaturated/α-hetero) is 1. The molecule has 1 N–H and O–H groups in total. The topological polar surface area (TPSA) is 58.6 Å². The van der Waals surface area contributed by atoms with Crippen molar-refractivity contribution in [2.24, 2.45) is 0 Å². The molecule has 1 aromatic carbocycles. The van der Waals surface area contributed by atoms with E-state index < -0.39 is 0 Å². The normalized spacial score (nSPS) is 10.6. The minimum absolute atomic E-state index is 0.111. The Labute approximate surface area is 127 Å². The number of aromatic amines is 1. The van der Waals surface area contributed by atoms with Crippen molar-refractivity contribution in [3.8, 4) is 11.1 Å². The third-order valence-electron chi connectivity index (χ3n) is 3.43. The van der Waals surface area contributed by atoms with E-state index in [2.05, 4.69) is 15.2 Å². The molecular weight excluding hydrogens is 281 g/mol. The van der Waals surface area contributed by atoms with Gasteiger partial charge in [-0.05, 0) is 42.3 Å². The van der Waals surface area contributed by atoms with E-state index in [4.69, 9.17) is 0 Å². The summed E-state index contributed by atoms with van der Waals surface area (Å²) >= 11 is 0. The van der Waals surface area contributed by atoms with Crippen molar-refractivity contribution in [3.05, 3.63) is 71.6 Å². The quantitative estimate of drug-likeness (QED) is 0.751. The number of carbonyl (C=O) groups is 1. The molecule has 0 saturated carbocycles. The lowest BCUT2D eigenvalue weighted by atomic mass is 9.99. The summed E-state index contributed by atoms with van der Waals surface area (Å²) in [6.45, 7) is 1.86. The highest BCUT2D eigenvalue weighted by Gasteiger charge is 2.19. The Morgan fingerprint density at radius 3 is 2.73 bits per heavy atom. The van der Waals surface area contributed by atoms with Crippen molar-refractivity contribution >= 4 is 5.78 Å². The van der Waals surface area contributed by atoms with Crippen molar-refractivity contribution in [1.29, 1.82) is 0 Å². The Morgan fingerprint density at radius 1 is 1.23 bits per heavy atom. The Hall–Kier alpha value is -2.82. The lowest BCUT2D eigenvalue weighted by Crippen LogP contribution is -2.06. The number of rotatable bonds is 4. The zero-order chi connectivity index (χ0) is 15.5. The Balaban J connectivity index is 1.94. The van der Waals surface area contributed by atoms with Crippen molar-refractivity contribution < 1.29 is 9.18 Å². The second-order valence-electron chi connectivity index (χ2n) is 5.04. The average molecular weight is 295 g/mol. The second-order valence-corrected chi connectivity index (χ2v) is 5.04. The maximum absolute atomic E-state index is 13.2. The third-order valence-corrected chi connectivity index (χ3v) is 3.43. The van der Waals surface area contributed by atoms with Crippen LogP contribution in [-0.2, 0) is 6.42 Å².